The van der Waals surface area contributed by atoms with Crippen molar-refractivity contribution in [2.24, 2.45) is 5.92 Å². The molecule has 6 heteroatoms. The van der Waals surface area contributed by atoms with E-state index in [-0.39, 0.29) is 6.04 Å². The van der Waals surface area contributed by atoms with Crippen LogP contribution in [0.5, 0.6) is 0 Å². The molecule has 1 unspecified atom stereocenters. The van der Waals surface area contributed by atoms with Gasteiger partial charge in [0.05, 0.1) is 0 Å². The number of hydrogen-bond donors (Lipinski definition) is 2. The largest absolute Gasteiger partial charge is 0.319 e. The molecule has 0 bridgehead atoms. The highest BCUT2D eigenvalue weighted by Crippen LogP contribution is 2.17. The zero-order valence-electron chi connectivity index (χ0n) is 9.66. The highest BCUT2D eigenvalue weighted by molar-refractivity contribution is 7.87. The van der Waals surface area contributed by atoms with Gasteiger partial charge in [0.1, 0.15) is 0 Å². The molecule has 0 spiro atoms. The van der Waals surface area contributed by atoms with Gasteiger partial charge in [0.25, 0.3) is 10.2 Å². The Kier molecular flexibility index (Phi) is 4.51. The SMILES string of the molecule is CNCC1CCN(S(=O)(=O)NC(C)C)C1. The third kappa shape index (κ3) is 3.71. The number of nitrogens with zero attached hydrogens (tertiary/aromatic N) is 1. The van der Waals surface area contributed by atoms with Crippen molar-refractivity contribution in [3.05, 3.63) is 0 Å². The summed E-state index contributed by atoms with van der Waals surface area (Å²) in [7, 11) is -1.36. The molecule has 90 valence electrons. The number of rotatable bonds is 5. The molecule has 5 nitrogen and oxygen atoms in total. The van der Waals surface area contributed by atoms with Gasteiger partial charge < -0.3 is 5.32 Å². The summed E-state index contributed by atoms with van der Waals surface area (Å²) in [6, 6.07) is -0.0432. The lowest BCUT2D eigenvalue weighted by Crippen LogP contribution is -2.42. The third-order valence-corrected chi connectivity index (χ3v) is 4.25. The lowest BCUT2D eigenvalue weighted by Gasteiger charge is -2.18. The fourth-order valence-corrected chi connectivity index (χ4v) is 3.34. The molecule has 1 rings (SSSR count). The molecule has 1 fully saturated rings. The minimum atomic E-state index is -3.25. The molecule has 0 aromatic heterocycles. The minimum Gasteiger partial charge on any atom is -0.319 e. The zero-order valence-corrected chi connectivity index (χ0v) is 10.5. The van der Waals surface area contributed by atoms with E-state index in [1.165, 1.54) is 4.31 Å². The molecule has 1 saturated heterocycles. The normalized spacial score (nSPS) is 23.9. The Balaban J connectivity index is 2.52. The fraction of sp³-hybridized carbons (Fsp3) is 1.00. The smallest absolute Gasteiger partial charge is 0.279 e. The molecular weight excluding hydrogens is 214 g/mol. The van der Waals surface area contributed by atoms with Crippen LogP contribution in [0.15, 0.2) is 0 Å². The van der Waals surface area contributed by atoms with Gasteiger partial charge >= 0.3 is 0 Å². The van der Waals surface area contributed by atoms with Crippen molar-refractivity contribution in [2.45, 2.75) is 26.3 Å². The summed E-state index contributed by atoms with van der Waals surface area (Å²) in [6.45, 7) is 5.81. The topological polar surface area (TPSA) is 61.4 Å². The van der Waals surface area contributed by atoms with Crippen LogP contribution >= 0.6 is 0 Å². The van der Waals surface area contributed by atoms with E-state index >= 15 is 0 Å². The van der Waals surface area contributed by atoms with Crippen LogP contribution in [0, 0.1) is 5.92 Å². The van der Waals surface area contributed by atoms with Crippen LogP contribution in [0.3, 0.4) is 0 Å². The maximum Gasteiger partial charge on any atom is 0.279 e. The van der Waals surface area contributed by atoms with Gasteiger partial charge in [-0.25, -0.2) is 0 Å². The predicted octanol–water partition coefficient (Wildman–Crippen LogP) is -0.229. The van der Waals surface area contributed by atoms with Crippen LogP contribution in [-0.4, -0.2) is 45.4 Å². The van der Waals surface area contributed by atoms with E-state index in [2.05, 4.69) is 10.0 Å². The van der Waals surface area contributed by atoms with Gasteiger partial charge in [-0.2, -0.15) is 17.4 Å². The predicted molar refractivity (Wildman–Crippen MR) is 60.8 cm³/mol. The molecule has 1 aliphatic rings. The van der Waals surface area contributed by atoms with Crippen LogP contribution in [-0.2, 0) is 10.2 Å². The van der Waals surface area contributed by atoms with E-state index in [0.717, 1.165) is 13.0 Å². The van der Waals surface area contributed by atoms with E-state index < -0.39 is 10.2 Å². The summed E-state index contributed by atoms with van der Waals surface area (Å²) in [5, 5.41) is 3.08. The van der Waals surface area contributed by atoms with Crippen molar-refractivity contribution < 1.29 is 8.42 Å². The van der Waals surface area contributed by atoms with Crippen molar-refractivity contribution in [1.82, 2.24) is 14.3 Å². The van der Waals surface area contributed by atoms with Gasteiger partial charge in [-0.15, -0.1) is 0 Å². The maximum atomic E-state index is 11.8. The molecular formula is C9H21N3O2S. The molecule has 0 aliphatic carbocycles. The second kappa shape index (κ2) is 5.25. The number of nitrogens with one attached hydrogen (secondary N) is 2. The third-order valence-electron chi connectivity index (χ3n) is 2.47. The Morgan fingerprint density at radius 1 is 1.47 bits per heavy atom. The molecule has 1 heterocycles. The van der Waals surface area contributed by atoms with Gasteiger partial charge in [-0.3, -0.25) is 0 Å². The quantitative estimate of drug-likeness (QED) is 0.692. The van der Waals surface area contributed by atoms with Crippen molar-refractivity contribution in [3.63, 3.8) is 0 Å². The molecule has 2 N–H and O–H groups in total. The average Bonchev–Trinajstić information content (AvgIpc) is 2.51. The van der Waals surface area contributed by atoms with Crippen LogP contribution in [0.25, 0.3) is 0 Å². The molecule has 15 heavy (non-hydrogen) atoms. The molecule has 0 aromatic rings. The Bertz CT molecular complexity index is 290. The van der Waals surface area contributed by atoms with Crippen LogP contribution in [0.2, 0.25) is 0 Å². The summed E-state index contributed by atoms with van der Waals surface area (Å²) in [4.78, 5) is 0. The van der Waals surface area contributed by atoms with E-state index in [9.17, 15) is 8.42 Å². The standard InChI is InChI=1S/C9H21N3O2S/c1-8(2)11-15(13,14)12-5-4-9(7-12)6-10-3/h8-11H,4-7H2,1-3H3. The van der Waals surface area contributed by atoms with Gasteiger partial charge in [-0.1, -0.05) is 0 Å². The van der Waals surface area contributed by atoms with Crippen molar-refractivity contribution in [1.29, 1.82) is 0 Å². The second-order valence-corrected chi connectivity index (χ2v) is 6.05. The van der Waals surface area contributed by atoms with Gasteiger partial charge in [-0.05, 0) is 39.8 Å². The molecule has 0 amide bonds. The summed E-state index contributed by atoms with van der Waals surface area (Å²) in [5.74, 6) is 0.443. The Hall–Kier alpha value is -0.170. The van der Waals surface area contributed by atoms with E-state index in [1.807, 2.05) is 20.9 Å². The highest BCUT2D eigenvalue weighted by Gasteiger charge is 2.30. The second-order valence-electron chi connectivity index (χ2n) is 4.35. The summed E-state index contributed by atoms with van der Waals surface area (Å²) in [6.07, 6.45) is 0.944. The molecule has 1 aliphatic heterocycles. The first kappa shape index (κ1) is 12.9. The van der Waals surface area contributed by atoms with E-state index in [0.29, 0.717) is 19.0 Å². The Morgan fingerprint density at radius 3 is 2.67 bits per heavy atom. The Labute approximate surface area is 92.4 Å². The lowest BCUT2D eigenvalue weighted by molar-refractivity contribution is 0.437. The van der Waals surface area contributed by atoms with E-state index in [4.69, 9.17) is 0 Å². The van der Waals surface area contributed by atoms with Gasteiger partial charge in [0, 0.05) is 19.1 Å². The molecule has 0 saturated carbocycles. The first-order valence-electron chi connectivity index (χ1n) is 5.37. The van der Waals surface area contributed by atoms with Crippen LogP contribution in [0.1, 0.15) is 20.3 Å². The van der Waals surface area contributed by atoms with Crippen molar-refractivity contribution in [3.8, 4) is 0 Å². The first-order chi connectivity index (χ1) is 6.95. The lowest BCUT2D eigenvalue weighted by atomic mass is 10.1. The van der Waals surface area contributed by atoms with Gasteiger partial charge in [0.2, 0.25) is 0 Å². The highest BCUT2D eigenvalue weighted by atomic mass is 32.2. The van der Waals surface area contributed by atoms with Crippen LogP contribution in [0.4, 0.5) is 0 Å². The molecule has 1 atom stereocenters. The Morgan fingerprint density at radius 2 is 2.13 bits per heavy atom. The monoisotopic (exact) mass is 235 g/mol. The summed E-state index contributed by atoms with van der Waals surface area (Å²) in [5.41, 5.74) is 0. The molecule has 0 radical (unpaired) electrons. The zero-order chi connectivity index (χ0) is 11.5. The van der Waals surface area contributed by atoms with Crippen molar-refractivity contribution in [2.75, 3.05) is 26.7 Å². The van der Waals surface area contributed by atoms with Crippen LogP contribution < -0.4 is 10.0 Å². The van der Waals surface area contributed by atoms with Gasteiger partial charge in [0.15, 0.2) is 0 Å². The number of hydrogen-bond acceptors (Lipinski definition) is 3. The average molecular weight is 235 g/mol. The fourth-order valence-electron chi connectivity index (χ4n) is 1.84. The van der Waals surface area contributed by atoms with Crippen molar-refractivity contribution >= 4 is 10.2 Å². The van der Waals surface area contributed by atoms with E-state index in [1.54, 1.807) is 0 Å². The maximum absolute atomic E-state index is 11.8. The summed E-state index contributed by atoms with van der Waals surface area (Å²) >= 11 is 0. The minimum absolute atomic E-state index is 0.0432. The molecule has 0 aromatic carbocycles. The first-order valence-corrected chi connectivity index (χ1v) is 6.81. The summed E-state index contributed by atoms with van der Waals surface area (Å²) < 4.78 is 27.7.